The number of carbonyl (C=O) groups excluding carboxylic acids is 1. The molecule has 2 aliphatic rings. The van der Waals surface area contributed by atoms with Crippen molar-refractivity contribution in [2.24, 2.45) is 11.3 Å². The molecule has 0 unspecified atom stereocenters. The second kappa shape index (κ2) is 10.6. The molecule has 1 aliphatic carbocycles. The molecular weight excluding hydrogens is 503 g/mol. The minimum Gasteiger partial charge on any atom is -0.467 e. The highest BCUT2D eigenvalue weighted by atomic mass is 19.1. The van der Waals surface area contributed by atoms with Gasteiger partial charge in [-0.05, 0) is 68.1 Å². The fraction of sp³-hybridized carbons (Fsp3) is 0.357. The average Bonchev–Trinajstić information content (AvgIpc) is 3.43. The van der Waals surface area contributed by atoms with E-state index in [2.05, 4.69) is 25.6 Å². The van der Waals surface area contributed by atoms with Gasteiger partial charge in [0.2, 0.25) is 18.1 Å². The number of benzene rings is 1. The van der Waals surface area contributed by atoms with E-state index in [9.17, 15) is 9.18 Å². The minimum absolute atomic E-state index is 0.0736. The quantitative estimate of drug-likeness (QED) is 0.288. The van der Waals surface area contributed by atoms with E-state index in [1.54, 1.807) is 30.7 Å². The highest BCUT2D eigenvalue weighted by Crippen LogP contribution is 2.36. The summed E-state index contributed by atoms with van der Waals surface area (Å²) in [5, 5.41) is 6.16. The number of hydrogen-bond acceptors (Lipinski definition) is 8. The number of imidazole rings is 1. The van der Waals surface area contributed by atoms with E-state index < -0.39 is 11.7 Å². The summed E-state index contributed by atoms with van der Waals surface area (Å²) in [6.07, 6.45) is 4.77. The van der Waals surface area contributed by atoms with Crippen LogP contribution in [0, 0.1) is 17.2 Å². The van der Waals surface area contributed by atoms with Gasteiger partial charge in [-0.15, -0.1) is 0 Å². The van der Waals surface area contributed by atoms with Gasteiger partial charge < -0.3 is 29.5 Å². The molecule has 6 rings (SSSR count). The zero-order chi connectivity index (χ0) is 26.8. The first-order valence-corrected chi connectivity index (χ1v) is 12.9. The maximum absolute atomic E-state index is 13.7. The van der Waals surface area contributed by atoms with Gasteiger partial charge >= 0.3 is 0 Å². The van der Waals surface area contributed by atoms with Crippen LogP contribution in [0.2, 0.25) is 0 Å². The topological polar surface area (TPSA) is 127 Å². The van der Waals surface area contributed by atoms with Gasteiger partial charge in [0.05, 0.1) is 48.5 Å². The van der Waals surface area contributed by atoms with Gasteiger partial charge in [0.1, 0.15) is 11.6 Å². The van der Waals surface area contributed by atoms with Gasteiger partial charge in [-0.25, -0.2) is 19.3 Å². The van der Waals surface area contributed by atoms with Crippen LogP contribution in [0.15, 0.2) is 59.3 Å². The number of amides is 1. The van der Waals surface area contributed by atoms with Crippen LogP contribution in [0.3, 0.4) is 0 Å². The molecule has 1 aliphatic heterocycles. The molecule has 1 saturated carbocycles. The highest BCUT2D eigenvalue weighted by molar-refractivity contribution is 5.82. The number of ether oxygens (including phenoxy) is 2. The van der Waals surface area contributed by atoms with Crippen molar-refractivity contribution in [2.45, 2.75) is 32.6 Å². The summed E-state index contributed by atoms with van der Waals surface area (Å²) in [5.41, 5.74) is 1.64. The molecule has 202 valence electrons. The Morgan fingerprint density at radius 2 is 1.92 bits per heavy atom. The van der Waals surface area contributed by atoms with Crippen molar-refractivity contribution in [3.63, 3.8) is 0 Å². The summed E-state index contributed by atoms with van der Waals surface area (Å²) in [6.45, 7) is 3.32. The Kier molecular flexibility index (Phi) is 6.84. The number of nitrogens with one attached hydrogen (secondary N) is 3. The Balaban J connectivity index is 1.24. The summed E-state index contributed by atoms with van der Waals surface area (Å²) >= 11 is 0. The maximum atomic E-state index is 13.7. The third-order valence-corrected chi connectivity index (χ3v) is 6.88. The molecule has 2 fully saturated rings. The number of aromatic amines is 1. The molecule has 1 saturated heterocycles. The molecule has 0 bridgehead atoms. The van der Waals surface area contributed by atoms with Crippen molar-refractivity contribution >= 4 is 11.9 Å². The van der Waals surface area contributed by atoms with E-state index in [-0.39, 0.29) is 24.9 Å². The number of nitrogens with zero attached hydrogens (tertiary/aromatic N) is 3. The van der Waals surface area contributed by atoms with Crippen molar-refractivity contribution in [1.82, 2.24) is 25.3 Å². The predicted molar refractivity (Wildman–Crippen MR) is 140 cm³/mol. The lowest BCUT2D eigenvalue weighted by molar-refractivity contribution is -0.231. The lowest BCUT2D eigenvalue weighted by atomic mass is 9.91. The first-order chi connectivity index (χ1) is 19.0. The molecule has 0 radical (unpaired) electrons. The van der Waals surface area contributed by atoms with Gasteiger partial charge in [0.25, 0.3) is 0 Å². The largest absolute Gasteiger partial charge is 0.467 e. The van der Waals surface area contributed by atoms with Crippen LogP contribution in [0.5, 0.6) is 0 Å². The van der Waals surface area contributed by atoms with E-state index in [1.165, 1.54) is 12.1 Å². The highest BCUT2D eigenvalue weighted by Gasteiger charge is 2.41. The molecule has 4 heterocycles. The Labute approximate surface area is 224 Å². The standard InChI is InChI=1S/C28H29FN6O4/c1-28(26(36)31-13-17-4-5-17)15-38-25(39-16-28)24-34-22(18-6-8-19(29)9-7-18)23(35-24)21-10-11-30-27(33-21)32-14-20-3-2-12-37-20/h2-3,6-12,17,25H,4-5,13-16H2,1H3,(H,31,36)(H,34,35)(H,30,32,33). The first-order valence-electron chi connectivity index (χ1n) is 12.9. The average molecular weight is 533 g/mol. The maximum Gasteiger partial charge on any atom is 0.230 e. The van der Waals surface area contributed by atoms with Crippen LogP contribution < -0.4 is 10.6 Å². The summed E-state index contributed by atoms with van der Waals surface area (Å²) < 4.78 is 31.0. The van der Waals surface area contributed by atoms with Gasteiger partial charge in [-0.3, -0.25) is 4.79 Å². The smallest absolute Gasteiger partial charge is 0.230 e. The number of rotatable bonds is 9. The fourth-order valence-corrected chi connectivity index (χ4v) is 4.34. The number of H-pyrrole nitrogens is 1. The third kappa shape index (κ3) is 5.69. The van der Waals surface area contributed by atoms with Crippen LogP contribution in [-0.4, -0.2) is 45.6 Å². The lowest BCUT2D eigenvalue weighted by Crippen LogP contribution is -2.49. The van der Waals surface area contributed by atoms with Crippen molar-refractivity contribution in [2.75, 3.05) is 25.1 Å². The van der Waals surface area contributed by atoms with Crippen LogP contribution in [-0.2, 0) is 20.8 Å². The van der Waals surface area contributed by atoms with Crippen LogP contribution in [0.1, 0.15) is 37.6 Å². The van der Waals surface area contributed by atoms with Gasteiger partial charge in [0.15, 0.2) is 5.82 Å². The second-order valence-corrected chi connectivity index (χ2v) is 10.2. The van der Waals surface area contributed by atoms with E-state index in [4.69, 9.17) is 18.9 Å². The van der Waals surface area contributed by atoms with E-state index in [1.807, 2.05) is 19.1 Å². The van der Waals surface area contributed by atoms with Crippen LogP contribution in [0.4, 0.5) is 10.3 Å². The Bertz CT molecular complexity index is 1430. The number of aromatic nitrogens is 4. The zero-order valence-corrected chi connectivity index (χ0v) is 21.4. The SMILES string of the molecule is CC1(C(=O)NCC2CC2)COC(c2nc(-c3ccc(F)cc3)c(-c3ccnc(NCc4ccco4)n3)[nH]2)OC1. The minimum atomic E-state index is -0.805. The molecule has 10 nitrogen and oxygen atoms in total. The molecule has 3 aromatic heterocycles. The van der Waals surface area contributed by atoms with Crippen molar-refractivity contribution in [1.29, 1.82) is 0 Å². The van der Waals surface area contributed by atoms with Crippen molar-refractivity contribution < 1.29 is 23.1 Å². The zero-order valence-electron chi connectivity index (χ0n) is 21.4. The summed E-state index contributed by atoms with van der Waals surface area (Å²) in [7, 11) is 0. The fourth-order valence-electron chi connectivity index (χ4n) is 4.34. The molecule has 3 N–H and O–H groups in total. The second-order valence-electron chi connectivity index (χ2n) is 10.2. The Hall–Kier alpha value is -4.09. The summed E-state index contributed by atoms with van der Waals surface area (Å²) in [4.78, 5) is 29.8. The number of hydrogen-bond donors (Lipinski definition) is 3. The van der Waals surface area contributed by atoms with Crippen LogP contribution in [0.25, 0.3) is 22.6 Å². The molecule has 39 heavy (non-hydrogen) atoms. The monoisotopic (exact) mass is 532 g/mol. The molecular formula is C28H29FN6O4. The normalized spacial score (nSPS) is 21.0. The van der Waals surface area contributed by atoms with Crippen molar-refractivity contribution in [3.05, 3.63) is 72.3 Å². The van der Waals surface area contributed by atoms with Crippen LogP contribution >= 0.6 is 0 Å². The Morgan fingerprint density at radius 1 is 1.13 bits per heavy atom. The molecule has 1 amide bonds. The first kappa shape index (κ1) is 25.2. The van der Waals surface area contributed by atoms with E-state index >= 15 is 0 Å². The van der Waals surface area contributed by atoms with Gasteiger partial charge in [-0.2, -0.15) is 0 Å². The molecule has 4 aromatic rings. The number of furan rings is 1. The van der Waals surface area contributed by atoms with E-state index in [0.717, 1.165) is 18.6 Å². The van der Waals surface area contributed by atoms with Crippen molar-refractivity contribution in [3.8, 4) is 22.6 Å². The summed E-state index contributed by atoms with van der Waals surface area (Å²) in [6, 6.07) is 11.5. The van der Waals surface area contributed by atoms with Gasteiger partial charge in [-0.1, -0.05) is 0 Å². The summed E-state index contributed by atoms with van der Waals surface area (Å²) in [5.74, 6) is 1.75. The molecule has 11 heteroatoms. The van der Waals surface area contributed by atoms with E-state index in [0.29, 0.717) is 53.4 Å². The molecule has 0 spiro atoms. The Morgan fingerprint density at radius 3 is 2.64 bits per heavy atom. The molecule has 1 aromatic carbocycles. The number of carbonyl (C=O) groups is 1. The number of halogens is 1. The van der Waals surface area contributed by atoms with Gasteiger partial charge in [0, 0.05) is 18.3 Å². The molecule has 0 atom stereocenters. The predicted octanol–water partition coefficient (Wildman–Crippen LogP) is 4.46. The number of anilines is 1. The third-order valence-electron chi connectivity index (χ3n) is 6.88. The lowest BCUT2D eigenvalue weighted by Gasteiger charge is -2.35.